The number of carbonyl (C=O) groups excluding carboxylic acids is 1. The zero-order chi connectivity index (χ0) is 15.9. The minimum atomic E-state index is -1.07. The zero-order valence-corrected chi connectivity index (χ0v) is 12.6. The van der Waals surface area contributed by atoms with Gasteiger partial charge in [-0.15, -0.1) is 0 Å². The van der Waals surface area contributed by atoms with Gasteiger partial charge in [-0.3, -0.25) is 4.79 Å². The summed E-state index contributed by atoms with van der Waals surface area (Å²) < 4.78 is 10.4. The van der Waals surface area contributed by atoms with E-state index in [-0.39, 0.29) is 25.7 Å². The summed E-state index contributed by atoms with van der Waals surface area (Å²) in [7, 11) is 0. The Balaban J connectivity index is 2.40. The van der Waals surface area contributed by atoms with E-state index in [9.17, 15) is 9.59 Å². The van der Waals surface area contributed by atoms with E-state index < -0.39 is 11.6 Å². The summed E-state index contributed by atoms with van der Waals surface area (Å²) >= 11 is 5.78. The van der Waals surface area contributed by atoms with Crippen LogP contribution in [0.4, 0.5) is 0 Å². The van der Waals surface area contributed by atoms with Gasteiger partial charge in [-0.25, -0.2) is 4.79 Å². The van der Waals surface area contributed by atoms with Crippen LogP contribution in [0.15, 0.2) is 24.3 Å². The molecule has 0 fully saturated rings. The molecule has 6 nitrogen and oxygen atoms in total. The van der Waals surface area contributed by atoms with Gasteiger partial charge < -0.3 is 19.9 Å². The first kappa shape index (κ1) is 17.3. The van der Waals surface area contributed by atoms with Crippen LogP contribution in [0.2, 0.25) is 5.02 Å². The van der Waals surface area contributed by atoms with Crippen LogP contribution in [0, 0.1) is 0 Å². The van der Waals surface area contributed by atoms with Gasteiger partial charge >= 0.3 is 5.97 Å². The number of carboxylic acid groups (broad SMARTS) is 1. The van der Waals surface area contributed by atoms with Gasteiger partial charge in [0, 0.05) is 11.6 Å². The molecule has 1 amide bonds. The Morgan fingerprint density at radius 1 is 1.29 bits per heavy atom. The molecule has 0 heterocycles. The molecule has 0 unspecified atom stereocenters. The number of hydrogen-bond donors (Lipinski definition) is 2. The molecule has 116 valence electrons. The van der Waals surface area contributed by atoms with Gasteiger partial charge in [0.05, 0.1) is 6.61 Å². The van der Waals surface area contributed by atoms with Crippen LogP contribution in [0.25, 0.3) is 0 Å². The van der Waals surface area contributed by atoms with E-state index in [0.717, 1.165) is 0 Å². The van der Waals surface area contributed by atoms with Crippen LogP contribution in [0.5, 0.6) is 5.75 Å². The molecule has 21 heavy (non-hydrogen) atoms. The summed E-state index contributed by atoms with van der Waals surface area (Å²) in [5.74, 6) is -0.842. The van der Waals surface area contributed by atoms with E-state index in [1.54, 1.807) is 38.1 Å². The Hall–Kier alpha value is -1.79. The molecule has 0 saturated carbocycles. The molecular weight excluding hydrogens is 298 g/mol. The van der Waals surface area contributed by atoms with Crippen molar-refractivity contribution in [1.29, 1.82) is 0 Å². The van der Waals surface area contributed by atoms with Crippen molar-refractivity contribution in [3.8, 4) is 5.75 Å². The molecule has 1 aromatic carbocycles. The Morgan fingerprint density at radius 2 is 1.90 bits per heavy atom. The second kappa shape index (κ2) is 7.85. The van der Waals surface area contributed by atoms with Crippen LogP contribution in [0.3, 0.4) is 0 Å². The fraction of sp³-hybridized carbons (Fsp3) is 0.429. The van der Waals surface area contributed by atoms with Gasteiger partial charge in [0.1, 0.15) is 12.4 Å². The predicted octanol–water partition coefficient (Wildman–Crippen LogP) is 1.71. The SMILES string of the molecule is CC(C)(Oc1ccc(Cl)cc1)C(=O)NCCOCC(=O)O. The number of ether oxygens (including phenoxy) is 2. The van der Waals surface area contributed by atoms with E-state index in [4.69, 9.17) is 26.2 Å². The first-order valence-electron chi connectivity index (χ1n) is 6.33. The first-order valence-corrected chi connectivity index (χ1v) is 6.71. The molecular formula is C14H18ClNO5. The number of amides is 1. The van der Waals surface area contributed by atoms with Crippen molar-refractivity contribution in [2.75, 3.05) is 19.8 Å². The molecule has 0 aliphatic heterocycles. The maximum absolute atomic E-state index is 12.0. The molecule has 0 spiro atoms. The summed E-state index contributed by atoms with van der Waals surface area (Å²) in [5.41, 5.74) is -1.07. The third-order valence-electron chi connectivity index (χ3n) is 2.49. The van der Waals surface area contributed by atoms with Crippen molar-refractivity contribution in [2.45, 2.75) is 19.4 Å². The van der Waals surface area contributed by atoms with Crippen LogP contribution in [-0.2, 0) is 14.3 Å². The molecule has 0 aliphatic rings. The maximum Gasteiger partial charge on any atom is 0.329 e. The number of carbonyl (C=O) groups is 2. The largest absolute Gasteiger partial charge is 0.480 e. The number of hydrogen-bond acceptors (Lipinski definition) is 4. The fourth-order valence-electron chi connectivity index (χ4n) is 1.45. The van der Waals surface area contributed by atoms with Crippen molar-refractivity contribution in [3.05, 3.63) is 29.3 Å². The van der Waals surface area contributed by atoms with Gasteiger partial charge in [0.25, 0.3) is 5.91 Å². The highest BCUT2D eigenvalue weighted by Gasteiger charge is 2.29. The van der Waals surface area contributed by atoms with Crippen LogP contribution < -0.4 is 10.1 Å². The zero-order valence-electron chi connectivity index (χ0n) is 11.9. The molecule has 1 rings (SSSR count). The topological polar surface area (TPSA) is 84.9 Å². The molecule has 0 aliphatic carbocycles. The lowest BCUT2D eigenvalue weighted by Gasteiger charge is -2.25. The number of carboxylic acids is 1. The Labute approximate surface area is 128 Å². The normalized spacial score (nSPS) is 11.0. The van der Waals surface area contributed by atoms with Crippen molar-refractivity contribution in [2.24, 2.45) is 0 Å². The van der Waals surface area contributed by atoms with Crippen molar-refractivity contribution in [3.63, 3.8) is 0 Å². The third-order valence-corrected chi connectivity index (χ3v) is 2.74. The highest BCUT2D eigenvalue weighted by molar-refractivity contribution is 6.30. The molecule has 7 heteroatoms. The van der Waals surface area contributed by atoms with E-state index >= 15 is 0 Å². The molecule has 0 bridgehead atoms. The third kappa shape index (κ3) is 6.46. The molecule has 0 saturated heterocycles. The highest BCUT2D eigenvalue weighted by atomic mass is 35.5. The van der Waals surface area contributed by atoms with Gasteiger partial charge in [-0.05, 0) is 38.1 Å². The van der Waals surface area contributed by atoms with E-state index in [2.05, 4.69) is 5.32 Å². The molecule has 0 aromatic heterocycles. The minimum absolute atomic E-state index is 0.120. The van der Waals surface area contributed by atoms with Crippen molar-refractivity contribution >= 4 is 23.5 Å². The second-order valence-electron chi connectivity index (χ2n) is 4.77. The maximum atomic E-state index is 12.0. The van der Waals surface area contributed by atoms with Crippen molar-refractivity contribution in [1.82, 2.24) is 5.32 Å². The summed E-state index contributed by atoms with van der Waals surface area (Å²) in [6.07, 6.45) is 0. The Kier molecular flexibility index (Phi) is 6.45. The van der Waals surface area contributed by atoms with Gasteiger partial charge in [0.2, 0.25) is 0 Å². The summed E-state index contributed by atoms with van der Waals surface area (Å²) in [5, 5.41) is 11.6. The summed E-state index contributed by atoms with van der Waals surface area (Å²) in [4.78, 5) is 22.2. The first-order chi connectivity index (χ1) is 9.81. The lowest BCUT2D eigenvalue weighted by atomic mass is 10.1. The van der Waals surface area contributed by atoms with E-state index in [1.165, 1.54) is 0 Å². The average molecular weight is 316 g/mol. The van der Waals surface area contributed by atoms with E-state index in [1.807, 2.05) is 0 Å². The monoisotopic (exact) mass is 315 g/mol. The van der Waals surface area contributed by atoms with Crippen LogP contribution in [-0.4, -0.2) is 42.3 Å². The van der Waals surface area contributed by atoms with Gasteiger partial charge in [-0.1, -0.05) is 11.6 Å². The average Bonchev–Trinajstić information content (AvgIpc) is 2.40. The van der Waals surface area contributed by atoms with Gasteiger partial charge in [-0.2, -0.15) is 0 Å². The number of rotatable bonds is 8. The minimum Gasteiger partial charge on any atom is -0.480 e. The van der Waals surface area contributed by atoms with Crippen molar-refractivity contribution < 1.29 is 24.2 Å². The number of aliphatic carboxylic acids is 1. The molecule has 0 radical (unpaired) electrons. The van der Waals surface area contributed by atoms with E-state index in [0.29, 0.717) is 10.8 Å². The van der Waals surface area contributed by atoms with Crippen LogP contribution >= 0.6 is 11.6 Å². The summed E-state index contributed by atoms with van der Waals surface area (Å²) in [6, 6.07) is 6.69. The number of nitrogens with one attached hydrogen (secondary N) is 1. The number of benzene rings is 1. The molecule has 1 aromatic rings. The predicted molar refractivity (Wildman–Crippen MR) is 77.6 cm³/mol. The molecule has 0 atom stereocenters. The quantitative estimate of drug-likeness (QED) is 0.713. The second-order valence-corrected chi connectivity index (χ2v) is 5.20. The lowest BCUT2D eigenvalue weighted by molar-refractivity contribution is -0.142. The Morgan fingerprint density at radius 3 is 2.48 bits per heavy atom. The smallest absolute Gasteiger partial charge is 0.329 e. The lowest BCUT2D eigenvalue weighted by Crippen LogP contribution is -2.47. The highest BCUT2D eigenvalue weighted by Crippen LogP contribution is 2.20. The summed E-state index contributed by atoms with van der Waals surface area (Å²) in [6.45, 7) is 3.21. The standard InChI is InChI=1S/C14H18ClNO5/c1-14(2,21-11-5-3-10(15)4-6-11)13(19)16-7-8-20-9-12(17)18/h3-6H,7-9H2,1-2H3,(H,16,19)(H,17,18). The van der Waals surface area contributed by atoms with Gasteiger partial charge in [0.15, 0.2) is 5.60 Å². The fourth-order valence-corrected chi connectivity index (χ4v) is 1.58. The molecule has 2 N–H and O–H groups in total. The van der Waals surface area contributed by atoms with Crippen LogP contribution in [0.1, 0.15) is 13.8 Å². The number of halogens is 1. The Bertz CT molecular complexity index is 487.